The van der Waals surface area contributed by atoms with E-state index in [9.17, 15) is 0 Å². The molecule has 0 unspecified atom stereocenters. The van der Waals surface area contributed by atoms with Gasteiger partial charge in [-0.1, -0.05) is 0 Å². The summed E-state index contributed by atoms with van der Waals surface area (Å²) in [5.74, 6) is 1.21. The molecule has 1 saturated heterocycles. The highest BCUT2D eigenvalue weighted by Gasteiger charge is 2.32. The first-order chi connectivity index (χ1) is 10.7. The summed E-state index contributed by atoms with van der Waals surface area (Å²) < 4.78 is 5.88. The molecular formula is C14H23N7O. The summed E-state index contributed by atoms with van der Waals surface area (Å²) in [5, 5.41) is 15.8. The quantitative estimate of drug-likeness (QED) is 0.847. The van der Waals surface area contributed by atoms with Crippen LogP contribution in [-0.2, 0) is 17.8 Å². The Labute approximate surface area is 129 Å². The number of H-pyrrole nitrogens is 1. The fraction of sp³-hybridized carbons (Fsp3) is 0.714. The summed E-state index contributed by atoms with van der Waals surface area (Å²) in [4.78, 5) is 8.25. The van der Waals surface area contributed by atoms with Gasteiger partial charge in [0.25, 0.3) is 0 Å². The molecule has 0 radical (unpaired) electrons. The van der Waals surface area contributed by atoms with Gasteiger partial charge in [-0.25, -0.2) is 4.98 Å². The van der Waals surface area contributed by atoms with Crippen LogP contribution in [0.25, 0.3) is 0 Å². The van der Waals surface area contributed by atoms with Gasteiger partial charge in [0, 0.05) is 25.6 Å². The molecule has 2 aromatic rings. The van der Waals surface area contributed by atoms with Crippen LogP contribution in [0.5, 0.6) is 0 Å². The molecule has 3 heterocycles. The average molecular weight is 305 g/mol. The van der Waals surface area contributed by atoms with E-state index in [0.717, 1.165) is 49.9 Å². The van der Waals surface area contributed by atoms with Crippen LogP contribution in [0.15, 0.2) is 6.33 Å². The molecule has 22 heavy (non-hydrogen) atoms. The van der Waals surface area contributed by atoms with Gasteiger partial charge >= 0.3 is 0 Å². The largest absolute Gasteiger partial charge is 0.376 e. The fourth-order valence-electron chi connectivity index (χ4n) is 2.91. The number of hydrogen-bond donors (Lipinski definition) is 1. The van der Waals surface area contributed by atoms with Gasteiger partial charge in [-0.15, -0.1) is 0 Å². The lowest BCUT2D eigenvalue weighted by atomic mass is 10.0. The Hall–Kier alpha value is -1.80. The van der Waals surface area contributed by atoms with Crippen molar-refractivity contribution in [3.63, 3.8) is 0 Å². The Kier molecular flexibility index (Phi) is 4.49. The van der Waals surface area contributed by atoms with Crippen molar-refractivity contribution in [2.75, 3.05) is 20.2 Å². The number of hydrogen-bond acceptors (Lipinski definition) is 6. The second kappa shape index (κ2) is 6.53. The average Bonchev–Trinajstić information content (AvgIpc) is 3.20. The van der Waals surface area contributed by atoms with Crippen molar-refractivity contribution < 1.29 is 4.74 Å². The number of nitrogens with one attached hydrogen (secondary N) is 1. The van der Waals surface area contributed by atoms with Crippen molar-refractivity contribution in [2.24, 2.45) is 0 Å². The van der Waals surface area contributed by atoms with Crippen LogP contribution in [0, 0.1) is 6.92 Å². The van der Waals surface area contributed by atoms with Crippen molar-refractivity contribution in [1.29, 1.82) is 0 Å². The summed E-state index contributed by atoms with van der Waals surface area (Å²) >= 11 is 0. The van der Waals surface area contributed by atoms with Crippen LogP contribution in [0.3, 0.4) is 0 Å². The number of likely N-dealkylation sites (N-methyl/N-ethyl adjacent to an activating group) is 1. The maximum Gasteiger partial charge on any atom is 0.137 e. The van der Waals surface area contributed by atoms with E-state index in [-0.39, 0.29) is 12.0 Å². The Balaban J connectivity index is 1.61. The Bertz CT molecular complexity index is 594. The number of aryl methyl sites for hydroxylation is 2. The highest BCUT2D eigenvalue weighted by atomic mass is 16.5. The minimum absolute atomic E-state index is 0.138. The maximum absolute atomic E-state index is 5.88. The summed E-state index contributed by atoms with van der Waals surface area (Å²) in [5.41, 5.74) is 2.02. The molecule has 120 valence electrons. The van der Waals surface area contributed by atoms with E-state index in [2.05, 4.69) is 37.3 Å². The molecular weight excluding hydrogens is 282 g/mol. The number of aromatic amines is 1. The first-order valence-electron chi connectivity index (χ1n) is 7.73. The Morgan fingerprint density at radius 2 is 2.32 bits per heavy atom. The van der Waals surface area contributed by atoms with Crippen LogP contribution in [0.2, 0.25) is 0 Å². The molecule has 0 saturated carbocycles. The Morgan fingerprint density at radius 3 is 3.00 bits per heavy atom. The van der Waals surface area contributed by atoms with Crippen LogP contribution in [-0.4, -0.2) is 61.4 Å². The molecule has 8 heteroatoms. The SMILES string of the molecule is CCn1nc(C)c(CN(C)C[C@H]2OCC[C@H]2c2ncn[nH]2)n1. The monoisotopic (exact) mass is 305 g/mol. The molecule has 8 nitrogen and oxygen atoms in total. The summed E-state index contributed by atoms with van der Waals surface area (Å²) in [7, 11) is 2.09. The third-order valence-corrected chi connectivity index (χ3v) is 4.11. The predicted molar refractivity (Wildman–Crippen MR) is 80.2 cm³/mol. The minimum Gasteiger partial charge on any atom is -0.376 e. The second-order valence-electron chi connectivity index (χ2n) is 5.79. The summed E-state index contributed by atoms with van der Waals surface area (Å²) in [6, 6.07) is 0. The zero-order valence-corrected chi connectivity index (χ0v) is 13.4. The molecule has 1 aliphatic heterocycles. The Morgan fingerprint density at radius 1 is 1.45 bits per heavy atom. The topological polar surface area (TPSA) is 84.8 Å². The van der Waals surface area contributed by atoms with E-state index in [1.165, 1.54) is 0 Å². The van der Waals surface area contributed by atoms with Crippen molar-refractivity contribution in [2.45, 2.75) is 45.4 Å². The smallest absolute Gasteiger partial charge is 0.137 e. The number of aromatic nitrogens is 6. The highest BCUT2D eigenvalue weighted by Crippen LogP contribution is 2.29. The highest BCUT2D eigenvalue weighted by molar-refractivity contribution is 5.06. The van der Waals surface area contributed by atoms with E-state index < -0.39 is 0 Å². The van der Waals surface area contributed by atoms with Gasteiger partial charge in [-0.05, 0) is 27.3 Å². The molecule has 1 N–H and O–H groups in total. The maximum atomic E-state index is 5.88. The molecule has 2 atom stereocenters. The van der Waals surface area contributed by atoms with E-state index >= 15 is 0 Å². The van der Waals surface area contributed by atoms with Crippen molar-refractivity contribution in [3.05, 3.63) is 23.5 Å². The summed E-state index contributed by atoms with van der Waals surface area (Å²) in [6.45, 7) is 7.23. The zero-order valence-electron chi connectivity index (χ0n) is 13.4. The minimum atomic E-state index is 0.138. The first kappa shape index (κ1) is 15.1. The second-order valence-corrected chi connectivity index (χ2v) is 5.79. The number of ether oxygens (including phenoxy) is 1. The third-order valence-electron chi connectivity index (χ3n) is 4.11. The standard InChI is InChI=1S/C14H23N7O/c1-4-21-18-10(2)12(19-21)7-20(3)8-13-11(5-6-22-13)14-15-9-16-17-14/h9,11,13H,4-8H2,1-3H3,(H,15,16,17)/t11-,13-/m1/s1. The fourth-order valence-corrected chi connectivity index (χ4v) is 2.91. The molecule has 0 spiro atoms. The van der Waals surface area contributed by atoms with Crippen LogP contribution < -0.4 is 0 Å². The van der Waals surface area contributed by atoms with E-state index in [1.807, 2.05) is 13.8 Å². The number of nitrogens with zero attached hydrogens (tertiary/aromatic N) is 6. The molecule has 3 rings (SSSR count). The van der Waals surface area contributed by atoms with Gasteiger partial charge < -0.3 is 4.74 Å². The van der Waals surface area contributed by atoms with Crippen LogP contribution in [0.1, 0.15) is 36.5 Å². The van der Waals surface area contributed by atoms with Crippen LogP contribution in [0.4, 0.5) is 0 Å². The predicted octanol–water partition coefficient (Wildman–Crippen LogP) is 0.729. The molecule has 0 aromatic carbocycles. The van der Waals surface area contributed by atoms with Gasteiger partial charge in [-0.3, -0.25) is 10.00 Å². The normalized spacial score (nSPS) is 21.8. The first-order valence-corrected chi connectivity index (χ1v) is 7.73. The molecule has 1 aliphatic rings. The zero-order chi connectivity index (χ0) is 15.5. The van der Waals surface area contributed by atoms with Gasteiger partial charge in [0.15, 0.2) is 0 Å². The van der Waals surface area contributed by atoms with Crippen LogP contribution >= 0.6 is 0 Å². The lowest BCUT2D eigenvalue weighted by molar-refractivity contribution is 0.0707. The van der Waals surface area contributed by atoms with Gasteiger partial charge in [0.1, 0.15) is 12.2 Å². The van der Waals surface area contributed by atoms with Gasteiger partial charge in [0.05, 0.1) is 24.0 Å². The van der Waals surface area contributed by atoms with Crippen molar-refractivity contribution in [3.8, 4) is 0 Å². The molecule has 0 bridgehead atoms. The molecule has 2 aromatic heterocycles. The van der Waals surface area contributed by atoms with Gasteiger partial charge in [0.2, 0.25) is 0 Å². The van der Waals surface area contributed by atoms with Gasteiger partial charge in [-0.2, -0.15) is 20.1 Å². The lowest BCUT2D eigenvalue weighted by Gasteiger charge is -2.23. The lowest BCUT2D eigenvalue weighted by Crippen LogP contribution is -2.32. The molecule has 0 aliphatic carbocycles. The molecule has 0 amide bonds. The van der Waals surface area contributed by atoms with Crippen molar-refractivity contribution in [1.82, 2.24) is 35.1 Å². The summed E-state index contributed by atoms with van der Waals surface area (Å²) in [6.07, 6.45) is 2.68. The third kappa shape index (κ3) is 3.17. The molecule has 1 fully saturated rings. The number of rotatable bonds is 6. The van der Waals surface area contributed by atoms with E-state index in [1.54, 1.807) is 11.1 Å². The van der Waals surface area contributed by atoms with Crippen molar-refractivity contribution >= 4 is 0 Å². The van der Waals surface area contributed by atoms with E-state index in [4.69, 9.17) is 4.74 Å². The van der Waals surface area contributed by atoms with E-state index in [0.29, 0.717) is 0 Å².